The molecule has 4 atom stereocenters. The van der Waals surface area contributed by atoms with Crippen LogP contribution in [0.2, 0.25) is 0 Å². The van der Waals surface area contributed by atoms with E-state index in [1.54, 1.807) is 12.2 Å². The standard InChI is InChI=1S/C20H31FO5/c1-2-3-6-9-14(22)12-16(21)20-15(17(23)13-18(20)24)10-7-4-5-8-11-19(25)26/h4,7,15-16,18,20,24H,2-3,5-6,8-13H2,1H3,(H,25,26)/t15-,16-,18+,20-/m0/s1. The van der Waals surface area contributed by atoms with Crippen molar-refractivity contribution in [1.29, 1.82) is 0 Å². The molecule has 0 amide bonds. The molecule has 1 saturated carbocycles. The highest BCUT2D eigenvalue weighted by molar-refractivity contribution is 5.85. The summed E-state index contributed by atoms with van der Waals surface area (Å²) in [7, 11) is 0. The van der Waals surface area contributed by atoms with Gasteiger partial charge in [0.2, 0.25) is 0 Å². The number of carboxylic acids is 1. The van der Waals surface area contributed by atoms with Crippen LogP contribution >= 0.6 is 0 Å². The first-order chi connectivity index (χ1) is 12.4. The first kappa shape index (κ1) is 22.5. The summed E-state index contributed by atoms with van der Waals surface area (Å²) in [5, 5.41) is 18.6. The van der Waals surface area contributed by atoms with Gasteiger partial charge in [-0.25, -0.2) is 4.39 Å². The number of alkyl halides is 1. The molecule has 1 aliphatic rings. The van der Waals surface area contributed by atoms with Crippen molar-refractivity contribution >= 4 is 17.5 Å². The normalized spacial score (nSPS) is 24.3. The van der Waals surface area contributed by atoms with Crippen molar-refractivity contribution in [2.45, 2.75) is 83.4 Å². The van der Waals surface area contributed by atoms with Crippen molar-refractivity contribution in [3.05, 3.63) is 12.2 Å². The molecular formula is C20H31FO5. The first-order valence-corrected chi connectivity index (χ1v) is 9.60. The van der Waals surface area contributed by atoms with E-state index < -0.39 is 30.1 Å². The minimum absolute atomic E-state index is 0.0629. The Kier molecular flexibility index (Phi) is 10.3. The number of hydrogen-bond donors (Lipinski definition) is 2. The fourth-order valence-electron chi connectivity index (χ4n) is 3.52. The highest BCUT2D eigenvalue weighted by Crippen LogP contribution is 2.37. The molecule has 0 heterocycles. The topological polar surface area (TPSA) is 91.7 Å². The maximum absolute atomic E-state index is 14.6. The monoisotopic (exact) mass is 370 g/mol. The molecule has 26 heavy (non-hydrogen) atoms. The van der Waals surface area contributed by atoms with E-state index in [-0.39, 0.29) is 30.8 Å². The zero-order chi connectivity index (χ0) is 19.5. The van der Waals surface area contributed by atoms with Crippen LogP contribution in [-0.4, -0.2) is 40.0 Å². The Bertz CT molecular complexity index is 502. The summed E-state index contributed by atoms with van der Waals surface area (Å²) in [5.41, 5.74) is 0. The van der Waals surface area contributed by atoms with E-state index in [2.05, 4.69) is 0 Å². The number of aliphatic hydroxyl groups excluding tert-OH is 1. The lowest BCUT2D eigenvalue weighted by molar-refractivity contribution is -0.137. The van der Waals surface area contributed by atoms with E-state index in [0.717, 1.165) is 19.3 Å². The van der Waals surface area contributed by atoms with E-state index in [0.29, 0.717) is 25.7 Å². The van der Waals surface area contributed by atoms with Crippen LogP contribution in [0.1, 0.15) is 71.1 Å². The van der Waals surface area contributed by atoms with Gasteiger partial charge in [-0.05, 0) is 25.7 Å². The molecule has 148 valence electrons. The van der Waals surface area contributed by atoms with E-state index in [9.17, 15) is 23.9 Å². The Morgan fingerprint density at radius 3 is 2.62 bits per heavy atom. The molecule has 0 aromatic rings. The average Bonchev–Trinajstić information content (AvgIpc) is 2.84. The van der Waals surface area contributed by atoms with E-state index in [1.807, 2.05) is 6.92 Å². The minimum Gasteiger partial charge on any atom is -0.481 e. The fourth-order valence-corrected chi connectivity index (χ4v) is 3.52. The van der Waals surface area contributed by atoms with E-state index in [1.165, 1.54) is 0 Å². The largest absolute Gasteiger partial charge is 0.481 e. The smallest absolute Gasteiger partial charge is 0.303 e. The predicted octanol–water partition coefficient (Wildman–Crippen LogP) is 3.63. The Balaban J connectivity index is 2.52. The van der Waals surface area contributed by atoms with Crippen LogP contribution < -0.4 is 0 Å². The van der Waals surface area contributed by atoms with Crippen LogP contribution in [-0.2, 0) is 14.4 Å². The summed E-state index contributed by atoms with van der Waals surface area (Å²) in [6.45, 7) is 2.03. The van der Waals surface area contributed by atoms with Crippen LogP contribution in [0.5, 0.6) is 0 Å². The highest BCUT2D eigenvalue weighted by atomic mass is 19.1. The molecule has 0 aliphatic heterocycles. The third kappa shape index (κ3) is 7.77. The molecular weight excluding hydrogens is 339 g/mol. The van der Waals surface area contributed by atoms with Crippen LogP contribution in [0, 0.1) is 11.8 Å². The van der Waals surface area contributed by atoms with Gasteiger partial charge in [0.1, 0.15) is 17.7 Å². The molecule has 0 bridgehead atoms. The van der Waals surface area contributed by atoms with Crippen molar-refractivity contribution in [3.63, 3.8) is 0 Å². The summed E-state index contributed by atoms with van der Waals surface area (Å²) in [6, 6.07) is 0. The van der Waals surface area contributed by atoms with Crippen molar-refractivity contribution in [1.82, 2.24) is 0 Å². The summed E-state index contributed by atoms with van der Waals surface area (Å²) < 4.78 is 14.6. The van der Waals surface area contributed by atoms with Gasteiger partial charge in [-0.15, -0.1) is 0 Å². The highest BCUT2D eigenvalue weighted by Gasteiger charge is 2.45. The lowest BCUT2D eigenvalue weighted by Crippen LogP contribution is -2.31. The molecule has 2 N–H and O–H groups in total. The minimum atomic E-state index is -1.50. The van der Waals surface area contributed by atoms with Crippen molar-refractivity contribution < 1.29 is 29.0 Å². The summed E-state index contributed by atoms with van der Waals surface area (Å²) in [5.74, 6) is -2.61. The maximum Gasteiger partial charge on any atom is 0.303 e. The van der Waals surface area contributed by atoms with Gasteiger partial charge in [-0.2, -0.15) is 0 Å². The first-order valence-electron chi connectivity index (χ1n) is 9.60. The Morgan fingerprint density at radius 2 is 1.96 bits per heavy atom. The molecule has 1 aliphatic carbocycles. The van der Waals surface area contributed by atoms with Crippen LogP contribution in [0.15, 0.2) is 12.2 Å². The number of carboxylic acid groups (broad SMARTS) is 1. The third-order valence-electron chi connectivity index (χ3n) is 4.95. The molecule has 0 aromatic heterocycles. The zero-order valence-electron chi connectivity index (χ0n) is 15.5. The van der Waals surface area contributed by atoms with E-state index >= 15 is 0 Å². The molecule has 1 rings (SSSR count). The van der Waals surface area contributed by atoms with Crippen molar-refractivity contribution in [2.75, 3.05) is 0 Å². The zero-order valence-corrected chi connectivity index (χ0v) is 15.5. The van der Waals surface area contributed by atoms with Gasteiger partial charge in [0.05, 0.1) is 6.10 Å². The molecule has 0 saturated heterocycles. The van der Waals surface area contributed by atoms with Gasteiger partial charge in [0.25, 0.3) is 0 Å². The fraction of sp³-hybridized carbons (Fsp3) is 0.750. The second-order valence-electron chi connectivity index (χ2n) is 7.13. The van der Waals surface area contributed by atoms with Gasteiger partial charge >= 0.3 is 5.97 Å². The van der Waals surface area contributed by atoms with Crippen LogP contribution in [0.25, 0.3) is 0 Å². The van der Waals surface area contributed by atoms with Crippen LogP contribution in [0.4, 0.5) is 4.39 Å². The average molecular weight is 370 g/mol. The van der Waals surface area contributed by atoms with Gasteiger partial charge in [0.15, 0.2) is 0 Å². The van der Waals surface area contributed by atoms with Gasteiger partial charge < -0.3 is 10.2 Å². The number of hydrogen-bond acceptors (Lipinski definition) is 4. The number of ketones is 2. The number of rotatable bonds is 13. The quantitative estimate of drug-likeness (QED) is 0.381. The third-order valence-corrected chi connectivity index (χ3v) is 4.95. The van der Waals surface area contributed by atoms with Crippen LogP contribution in [0.3, 0.4) is 0 Å². The van der Waals surface area contributed by atoms with Crippen molar-refractivity contribution in [3.8, 4) is 0 Å². The summed E-state index contributed by atoms with van der Waals surface area (Å²) in [6.07, 6.45) is 5.21. The Labute approximate surface area is 154 Å². The second kappa shape index (κ2) is 11.9. The number of aliphatic carboxylic acids is 1. The number of unbranched alkanes of at least 4 members (excludes halogenated alkanes) is 3. The number of aliphatic hydroxyl groups is 1. The summed E-state index contributed by atoms with van der Waals surface area (Å²) in [4.78, 5) is 34.4. The molecule has 1 fully saturated rings. The molecule has 0 aromatic carbocycles. The molecule has 0 spiro atoms. The van der Waals surface area contributed by atoms with E-state index in [4.69, 9.17) is 5.11 Å². The lowest BCUT2D eigenvalue weighted by Gasteiger charge is -2.23. The Morgan fingerprint density at radius 1 is 1.23 bits per heavy atom. The summed E-state index contributed by atoms with van der Waals surface area (Å²) >= 11 is 0. The van der Waals surface area contributed by atoms with Gasteiger partial charge in [0, 0.05) is 37.5 Å². The number of Topliss-reactive ketones (excluding diaryl/α,β-unsaturated/α-hetero) is 2. The number of allylic oxidation sites excluding steroid dienone is 2. The SMILES string of the molecule is CCCCCC(=O)C[C@H](F)[C@H]1[C@H](O)CC(=O)[C@@H]1CC=CCCCC(=O)O. The maximum atomic E-state index is 14.6. The second-order valence-corrected chi connectivity index (χ2v) is 7.13. The predicted molar refractivity (Wildman–Crippen MR) is 96.5 cm³/mol. The van der Waals surface area contributed by atoms with Gasteiger partial charge in [-0.3, -0.25) is 14.4 Å². The molecule has 0 radical (unpaired) electrons. The number of halogens is 1. The van der Waals surface area contributed by atoms with Gasteiger partial charge in [-0.1, -0.05) is 31.9 Å². The number of carbonyl (C=O) groups excluding carboxylic acids is 2. The molecule has 5 nitrogen and oxygen atoms in total. The lowest BCUT2D eigenvalue weighted by atomic mass is 9.85. The molecule has 0 unspecified atom stereocenters. The Hall–Kier alpha value is -1.56. The number of carbonyl (C=O) groups is 3. The molecule has 6 heteroatoms. The van der Waals surface area contributed by atoms with Crippen molar-refractivity contribution in [2.24, 2.45) is 11.8 Å².